The topological polar surface area (TPSA) is 46.5 Å². The van der Waals surface area contributed by atoms with Crippen LogP contribution in [0.5, 0.6) is 0 Å². The van der Waals surface area contributed by atoms with Gasteiger partial charge in [0.1, 0.15) is 0 Å². The van der Waals surface area contributed by atoms with Gasteiger partial charge in [-0.25, -0.2) is 9.79 Å². The van der Waals surface area contributed by atoms with Crippen LogP contribution >= 0.6 is 0 Å². The van der Waals surface area contributed by atoms with E-state index >= 15 is 0 Å². The quantitative estimate of drug-likeness (QED) is 0.260. The number of isocyanates is 1. The van der Waals surface area contributed by atoms with Gasteiger partial charge in [0, 0.05) is 0 Å². The van der Waals surface area contributed by atoms with Crippen LogP contribution in [0, 0.1) is 0 Å². The third-order valence-corrected chi connectivity index (χ3v) is 2.88. The summed E-state index contributed by atoms with van der Waals surface area (Å²) in [5.41, 5.74) is 0. The molecule has 4 heteroatoms. The highest BCUT2D eigenvalue weighted by Crippen LogP contribution is 1.94. The Labute approximate surface area is 61.8 Å². The Balaban J connectivity index is 3.19. The molecule has 0 rings (SSSR count). The summed E-state index contributed by atoms with van der Waals surface area (Å²) < 4.78 is 10.8. The van der Waals surface area contributed by atoms with E-state index in [9.17, 15) is 9.26 Å². The number of nitrogens with zero attached hydrogens (tertiary/aromatic N) is 1. The second-order valence-electron chi connectivity index (χ2n) is 1.97. The Morgan fingerprint density at radius 2 is 2.30 bits per heavy atom. The third kappa shape index (κ3) is 5.53. The minimum absolute atomic E-state index is 0.472. The van der Waals surface area contributed by atoms with E-state index in [2.05, 4.69) is 4.99 Å². The van der Waals surface area contributed by atoms with Crippen LogP contribution in [0.1, 0.15) is 13.3 Å². The number of hydrogen-bond donors (Lipinski definition) is 0. The Bertz CT molecular complexity index is 152. The summed E-state index contributed by atoms with van der Waals surface area (Å²) in [6, 6.07) is 1.47. The lowest BCUT2D eigenvalue weighted by molar-refractivity contribution is 0.555. The van der Waals surface area contributed by atoms with E-state index in [1.807, 2.05) is 6.92 Å². The van der Waals surface area contributed by atoms with Crippen molar-refractivity contribution < 1.29 is 9.26 Å². The zero-order valence-corrected chi connectivity index (χ0v) is 7.09. The highest BCUT2D eigenvalue weighted by atomic mass is 28.3. The summed E-state index contributed by atoms with van der Waals surface area (Å²) in [7, 11) is -1.35. The fourth-order valence-electron chi connectivity index (χ4n) is 0.578. The van der Waals surface area contributed by atoms with E-state index in [1.54, 1.807) is 0 Å². The number of aliphatic imine (C=N–C) groups is 1. The van der Waals surface area contributed by atoms with Crippen LogP contribution in [0.4, 0.5) is 0 Å². The SMILES string of the molecule is CC[Si](=O)CCCN=C=O. The second-order valence-corrected chi connectivity index (χ2v) is 4.25. The average Bonchev–Trinajstić information content (AvgIpc) is 1.98. The average molecular weight is 157 g/mol. The van der Waals surface area contributed by atoms with E-state index in [1.165, 1.54) is 6.08 Å². The zero-order chi connectivity index (χ0) is 7.82. The minimum atomic E-state index is -1.35. The third-order valence-electron chi connectivity index (χ3n) is 1.18. The van der Waals surface area contributed by atoms with Crippen molar-refractivity contribution in [1.29, 1.82) is 0 Å². The van der Waals surface area contributed by atoms with Crippen LogP contribution in [0.25, 0.3) is 0 Å². The van der Waals surface area contributed by atoms with Crippen molar-refractivity contribution >= 4 is 14.8 Å². The van der Waals surface area contributed by atoms with Crippen LogP contribution < -0.4 is 0 Å². The molecule has 0 aromatic carbocycles. The maximum Gasteiger partial charge on any atom is 0.276 e. The first-order valence-corrected chi connectivity index (χ1v) is 5.18. The van der Waals surface area contributed by atoms with Crippen molar-refractivity contribution in [2.75, 3.05) is 6.54 Å². The highest BCUT2D eigenvalue weighted by molar-refractivity contribution is 6.42. The number of hydrogen-bond acceptors (Lipinski definition) is 3. The van der Waals surface area contributed by atoms with Crippen molar-refractivity contribution in [2.45, 2.75) is 25.4 Å². The highest BCUT2D eigenvalue weighted by Gasteiger charge is 1.98. The molecule has 0 atom stereocenters. The molecular weight excluding hydrogens is 146 g/mol. The molecule has 0 heterocycles. The lowest BCUT2D eigenvalue weighted by Gasteiger charge is -1.89. The maximum atomic E-state index is 10.8. The van der Waals surface area contributed by atoms with E-state index in [0.29, 0.717) is 12.6 Å². The Hall–Kier alpha value is -0.603. The predicted octanol–water partition coefficient (Wildman–Crippen LogP) is 1.15. The molecular formula is C6H11NO2Si. The number of rotatable bonds is 5. The summed E-state index contributed by atoms with van der Waals surface area (Å²) in [5, 5.41) is 0. The standard InChI is InChI=1S/C6H11NO2Si/c1-2-10(9)5-3-4-7-6-8/h2-5H2,1H3. The second kappa shape index (κ2) is 6.52. The Morgan fingerprint density at radius 3 is 2.80 bits per heavy atom. The monoisotopic (exact) mass is 157 g/mol. The molecule has 0 N–H and O–H groups in total. The van der Waals surface area contributed by atoms with Crippen molar-refractivity contribution in [1.82, 2.24) is 0 Å². The fourth-order valence-corrected chi connectivity index (χ4v) is 1.48. The molecule has 0 saturated heterocycles. The van der Waals surface area contributed by atoms with Crippen LogP contribution in [0.15, 0.2) is 4.99 Å². The molecule has 56 valence electrons. The minimum Gasteiger partial charge on any atom is -0.388 e. The molecule has 0 unspecified atom stereocenters. The first-order chi connectivity index (χ1) is 4.81. The lowest BCUT2D eigenvalue weighted by Crippen LogP contribution is -1.96. The normalized spacial score (nSPS) is 8.50. The first-order valence-electron chi connectivity index (χ1n) is 3.36. The van der Waals surface area contributed by atoms with E-state index in [0.717, 1.165) is 12.5 Å². The molecule has 0 aromatic heterocycles. The summed E-state index contributed by atoms with van der Waals surface area (Å²) >= 11 is 0. The molecule has 10 heavy (non-hydrogen) atoms. The summed E-state index contributed by atoms with van der Waals surface area (Å²) in [4.78, 5) is 12.9. The molecule has 0 aliphatic heterocycles. The van der Waals surface area contributed by atoms with Gasteiger partial charge < -0.3 is 4.46 Å². The molecule has 0 bridgehead atoms. The first kappa shape index (κ1) is 9.40. The van der Waals surface area contributed by atoms with Gasteiger partial charge in [-0.15, -0.1) is 0 Å². The van der Waals surface area contributed by atoms with Gasteiger partial charge in [0.25, 0.3) is 8.68 Å². The van der Waals surface area contributed by atoms with Crippen LogP contribution in [-0.2, 0) is 9.26 Å². The molecule has 0 amide bonds. The predicted molar refractivity (Wildman–Crippen MR) is 39.3 cm³/mol. The number of carbonyl (C=O) groups excluding carboxylic acids is 1. The summed E-state index contributed by atoms with van der Waals surface area (Å²) in [5.74, 6) is 0. The van der Waals surface area contributed by atoms with E-state index < -0.39 is 8.68 Å². The zero-order valence-electron chi connectivity index (χ0n) is 6.09. The molecule has 0 radical (unpaired) electrons. The van der Waals surface area contributed by atoms with Gasteiger partial charge in [0.2, 0.25) is 6.08 Å². The molecule has 3 nitrogen and oxygen atoms in total. The summed E-state index contributed by atoms with van der Waals surface area (Å²) in [6.07, 6.45) is 2.19. The van der Waals surface area contributed by atoms with Crippen molar-refractivity contribution in [2.24, 2.45) is 4.99 Å². The smallest absolute Gasteiger partial charge is 0.276 e. The molecule has 0 saturated carbocycles. The molecule has 0 aliphatic carbocycles. The summed E-state index contributed by atoms with van der Waals surface area (Å²) in [6.45, 7) is 2.38. The van der Waals surface area contributed by atoms with Crippen molar-refractivity contribution in [3.8, 4) is 0 Å². The van der Waals surface area contributed by atoms with Gasteiger partial charge in [-0.3, -0.25) is 0 Å². The molecule has 0 aromatic rings. The van der Waals surface area contributed by atoms with E-state index in [-0.39, 0.29) is 0 Å². The van der Waals surface area contributed by atoms with Crippen molar-refractivity contribution in [3.05, 3.63) is 0 Å². The van der Waals surface area contributed by atoms with Gasteiger partial charge >= 0.3 is 0 Å². The van der Waals surface area contributed by atoms with Gasteiger partial charge in [-0.05, 0) is 18.5 Å². The van der Waals surface area contributed by atoms with Crippen molar-refractivity contribution in [3.63, 3.8) is 0 Å². The molecule has 0 fully saturated rings. The van der Waals surface area contributed by atoms with E-state index in [4.69, 9.17) is 0 Å². The van der Waals surface area contributed by atoms with Crippen LogP contribution in [0.3, 0.4) is 0 Å². The Morgan fingerprint density at radius 1 is 1.60 bits per heavy atom. The molecule has 0 aliphatic rings. The largest absolute Gasteiger partial charge is 0.388 e. The Kier molecular flexibility index (Phi) is 6.12. The maximum absolute atomic E-state index is 10.8. The van der Waals surface area contributed by atoms with Crippen LogP contribution in [0.2, 0.25) is 12.1 Å². The van der Waals surface area contributed by atoms with Crippen LogP contribution in [-0.4, -0.2) is 21.3 Å². The van der Waals surface area contributed by atoms with Gasteiger partial charge in [0.15, 0.2) is 0 Å². The molecule has 0 spiro atoms. The fraction of sp³-hybridized carbons (Fsp3) is 0.833. The van der Waals surface area contributed by atoms with Gasteiger partial charge in [0.05, 0.1) is 6.54 Å². The van der Waals surface area contributed by atoms with Gasteiger partial charge in [-0.1, -0.05) is 6.92 Å². The van der Waals surface area contributed by atoms with Gasteiger partial charge in [-0.2, -0.15) is 0 Å². The lowest BCUT2D eigenvalue weighted by atomic mass is 10.5.